The van der Waals surface area contributed by atoms with E-state index in [0.717, 1.165) is 23.2 Å². The summed E-state index contributed by atoms with van der Waals surface area (Å²) in [5.74, 6) is 0.210. The summed E-state index contributed by atoms with van der Waals surface area (Å²) >= 11 is 0. The summed E-state index contributed by atoms with van der Waals surface area (Å²) in [5, 5.41) is 9.49. The van der Waals surface area contributed by atoms with Gasteiger partial charge >= 0.3 is 0 Å². The molecule has 1 heterocycles. The molecule has 1 atom stereocenters. The Hall–Kier alpha value is -2.33. The third kappa shape index (κ3) is 2.76. The Kier molecular flexibility index (Phi) is 3.62. The lowest BCUT2D eigenvalue weighted by Crippen LogP contribution is -2.39. The fourth-order valence-electron chi connectivity index (χ4n) is 2.79. The first-order valence-corrected chi connectivity index (χ1v) is 7.08. The lowest BCUT2D eigenvalue weighted by Gasteiger charge is -2.32. The minimum absolute atomic E-state index is 0.00832. The molecule has 3 N–H and O–H groups in total. The number of carbonyl (C=O) groups is 1. The number of nitrogens with two attached hydrogens (primary N) is 1. The van der Waals surface area contributed by atoms with Gasteiger partial charge in [0.1, 0.15) is 5.75 Å². The normalized spacial score (nSPS) is 17.4. The van der Waals surface area contributed by atoms with Gasteiger partial charge in [0.05, 0.1) is 6.42 Å². The number of para-hydroxylation sites is 1. The first-order chi connectivity index (χ1) is 10.1. The van der Waals surface area contributed by atoms with Gasteiger partial charge in [0, 0.05) is 18.3 Å². The molecule has 0 aliphatic carbocycles. The molecule has 4 heteroatoms. The number of anilines is 1. The highest BCUT2D eigenvalue weighted by molar-refractivity contribution is 5.96. The molecule has 0 saturated carbocycles. The highest BCUT2D eigenvalue weighted by atomic mass is 16.3. The van der Waals surface area contributed by atoms with Crippen LogP contribution in [0.1, 0.15) is 23.6 Å². The summed E-state index contributed by atoms with van der Waals surface area (Å²) < 4.78 is 0. The predicted octanol–water partition coefficient (Wildman–Crippen LogP) is 2.37. The molecule has 0 fully saturated rings. The van der Waals surface area contributed by atoms with Gasteiger partial charge in [0.25, 0.3) is 0 Å². The highest BCUT2D eigenvalue weighted by Gasteiger charge is 2.26. The Labute approximate surface area is 123 Å². The molecule has 0 aromatic heterocycles. The number of phenols is 1. The summed E-state index contributed by atoms with van der Waals surface area (Å²) in [7, 11) is 0. The van der Waals surface area contributed by atoms with Crippen molar-refractivity contribution in [1.82, 2.24) is 0 Å². The topological polar surface area (TPSA) is 66.6 Å². The zero-order valence-corrected chi connectivity index (χ0v) is 11.7. The van der Waals surface area contributed by atoms with Gasteiger partial charge in [0.2, 0.25) is 5.91 Å². The zero-order chi connectivity index (χ0) is 14.8. The molecular weight excluding hydrogens is 264 g/mol. The molecule has 0 radical (unpaired) electrons. The van der Waals surface area contributed by atoms with Crippen LogP contribution in [0.15, 0.2) is 48.5 Å². The smallest absolute Gasteiger partial charge is 0.231 e. The van der Waals surface area contributed by atoms with Crippen LogP contribution in [0.25, 0.3) is 0 Å². The Bertz CT molecular complexity index is 669. The van der Waals surface area contributed by atoms with E-state index in [9.17, 15) is 9.90 Å². The minimum atomic E-state index is -0.00832. The van der Waals surface area contributed by atoms with Gasteiger partial charge in [-0.2, -0.15) is 0 Å². The highest BCUT2D eigenvalue weighted by Crippen LogP contribution is 2.32. The number of hydrogen-bond acceptors (Lipinski definition) is 3. The molecule has 2 aromatic carbocycles. The maximum Gasteiger partial charge on any atom is 0.231 e. The van der Waals surface area contributed by atoms with Gasteiger partial charge < -0.3 is 15.7 Å². The van der Waals surface area contributed by atoms with Crippen LogP contribution in [-0.4, -0.2) is 17.6 Å². The van der Waals surface area contributed by atoms with Crippen molar-refractivity contribution in [3.63, 3.8) is 0 Å². The lowest BCUT2D eigenvalue weighted by molar-refractivity contribution is -0.118. The number of aromatic hydroxyl groups is 1. The zero-order valence-electron chi connectivity index (χ0n) is 11.7. The number of carbonyl (C=O) groups excluding carboxylic acids is 1. The molecule has 0 bridgehead atoms. The second-order valence-corrected chi connectivity index (χ2v) is 5.35. The third-order valence-electron chi connectivity index (χ3n) is 3.86. The maximum absolute atomic E-state index is 12.6. The van der Waals surface area contributed by atoms with Crippen molar-refractivity contribution in [2.24, 2.45) is 5.73 Å². The van der Waals surface area contributed by atoms with Crippen molar-refractivity contribution in [3.8, 4) is 5.75 Å². The Morgan fingerprint density at radius 3 is 2.86 bits per heavy atom. The third-order valence-corrected chi connectivity index (χ3v) is 3.86. The minimum Gasteiger partial charge on any atom is -0.508 e. The van der Waals surface area contributed by atoms with Gasteiger partial charge in [-0.15, -0.1) is 0 Å². The van der Waals surface area contributed by atoms with E-state index in [2.05, 4.69) is 0 Å². The van der Waals surface area contributed by atoms with Gasteiger partial charge in [-0.25, -0.2) is 0 Å². The van der Waals surface area contributed by atoms with Gasteiger partial charge in [-0.05, 0) is 35.7 Å². The van der Waals surface area contributed by atoms with Gasteiger partial charge in [-0.3, -0.25) is 4.79 Å². The number of amides is 1. The van der Waals surface area contributed by atoms with Crippen molar-refractivity contribution in [2.45, 2.75) is 18.9 Å². The van der Waals surface area contributed by atoms with E-state index in [-0.39, 0.29) is 24.1 Å². The number of fused-ring (bicyclic) bond motifs is 1. The largest absolute Gasteiger partial charge is 0.508 e. The van der Waals surface area contributed by atoms with E-state index < -0.39 is 0 Å². The van der Waals surface area contributed by atoms with Crippen LogP contribution < -0.4 is 10.6 Å². The Morgan fingerprint density at radius 1 is 1.24 bits per heavy atom. The van der Waals surface area contributed by atoms with Crippen LogP contribution in [0.3, 0.4) is 0 Å². The molecule has 1 unspecified atom stereocenters. The molecule has 0 saturated heterocycles. The van der Waals surface area contributed by atoms with Crippen LogP contribution in [0.5, 0.6) is 5.75 Å². The molecule has 21 heavy (non-hydrogen) atoms. The molecule has 1 amide bonds. The molecule has 0 spiro atoms. The number of nitrogens with zero attached hydrogens (tertiary/aromatic N) is 1. The monoisotopic (exact) mass is 282 g/mol. The molecular formula is C17H18N2O2. The second-order valence-electron chi connectivity index (χ2n) is 5.35. The fraction of sp³-hybridized carbons (Fsp3) is 0.235. The predicted molar refractivity (Wildman–Crippen MR) is 82.2 cm³/mol. The molecule has 3 rings (SSSR count). The van der Waals surface area contributed by atoms with E-state index in [1.165, 1.54) is 0 Å². The van der Waals surface area contributed by atoms with E-state index in [0.29, 0.717) is 6.54 Å². The molecule has 2 aromatic rings. The van der Waals surface area contributed by atoms with Crippen LogP contribution in [0.4, 0.5) is 5.69 Å². The molecule has 4 nitrogen and oxygen atoms in total. The van der Waals surface area contributed by atoms with Gasteiger partial charge in [-0.1, -0.05) is 30.3 Å². The molecule has 108 valence electrons. The van der Waals surface area contributed by atoms with E-state index in [1.807, 2.05) is 30.3 Å². The number of hydrogen-bond donors (Lipinski definition) is 2. The number of rotatable bonds is 2. The summed E-state index contributed by atoms with van der Waals surface area (Å²) in [5.41, 5.74) is 8.85. The van der Waals surface area contributed by atoms with Crippen LogP contribution in [0, 0.1) is 0 Å². The van der Waals surface area contributed by atoms with Gasteiger partial charge in [0.15, 0.2) is 0 Å². The van der Waals surface area contributed by atoms with E-state index in [4.69, 9.17) is 5.73 Å². The Morgan fingerprint density at radius 2 is 2.05 bits per heavy atom. The van der Waals surface area contributed by atoms with Crippen molar-refractivity contribution in [3.05, 3.63) is 59.7 Å². The SMILES string of the molecule is NC1CCN(C(=O)Cc2cccc(O)c2)c2ccccc21. The summed E-state index contributed by atoms with van der Waals surface area (Å²) in [6.07, 6.45) is 1.04. The quantitative estimate of drug-likeness (QED) is 0.888. The summed E-state index contributed by atoms with van der Waals surface area (Å²) in [6, 6.07) is 14.6. The van der Waals surface area contributed by atoms with E-state index in [1.54, 1.807) is 23.1 Å². The number of phenolic OH excluding ortho intramolecular Hbond substituents is 1. The summed E-state index contributed by atoms with van der Waals surface area (Å²) in [4.78, 5) is 14.3. The Balaban J connectivity index is 1.84. The van der Waals surface area contributed by atoms with Crippen molar-refractivity contribution in [2.75, 3.05) is 11.4 Å². The first-order valence-electron chi connectivity index (χ1n) is 7.08. The maximum atomic E-state index is 12.6. The van der Waals surface area contributed by atoms with Crippen LogP contribution in [-0.2, 0) is 11.2 Å². The fourth-order valence-corrected chi connectivity index (χ4v) is 2.79. The van der Waals surface area contributed by atoms with E-state index >= 15 is 0 Å². The second kappa shape index (κ2) is 5.58. The van der Waals surface area contributed by atoms with Crippen LogP contribution >= 0.6 is 0 Å². The first kappa shape index (κ1) is 13.6. The van der Waals surface area contributed by atoms with Crippen molar-refractivity contribution < 1.29 is 9.90 Å². The lowest BCUT2D eigenvalue weighted by atomic mass is 9.96. The average molecular weight is 282 g/mol. The van der Waals surface area contributed by atoms with Crippen LogP contribution in [0.2, 0.25) is 0 Å². The average Bonchev–Trinajstić information content (AvgIpc) is 2.48. The molecule has 1 aliphatic heterocycles. The van der Waals surface area contributed by atoms with Crippen molar-refractivity contribution >= 4 is 11.6 Å². The standard InChI is InChI=1S/C17H18N2O2/c18-15-8-9-19(16-7-2-1-6-14(15)16)17(21)11-12-4-3-5-13(20)10-12/h1-7,10,15,20H,8-9,11,18H2. The van der Waals surface area contributed by atoms with Crippen molar-refractivity contribution in [1.29, 1.82) is 0 Å². The molecule has 1 aliphatic rings. The summed E-state index contributed by atoms with van der Waals surface area (Å²) in [6.45, 7) is 0.635. The number of benzene rings is 2.